The van der Waals surface area contributed by atoms with Gasteiger partial charge in [0.25, 0.3) is 0 Å². The Morgan fingerprint density at radius 3 is 2.78 bits per heavy atom. The highest BCUT2D eigenvalue weighted by atomic mass is 16.7. The zero-order valence-corrected chi connectivity index (χ0v) is 12.9. The van der Waals surface area contributed by atoms with Crippen molar-refractivity contribution < 1.29 is 14.3 Å². The number of hydrogen-bond acceptors (Lipinski definition) is 3. The van der Waals surface area contributed by atoms with Gasteiger partial charge in [-0.1, -0.05) is 36.4 Å². The number of nitrogens with zero attached hydrogens (tertiary/aromatic N) is 1. The fourth-order valence-corrected chi connectivity index (χ4v) is 3.31. The Kier molecular flexibility index (Phi) is 3.66. The molecule has 2 aliphatic rings. The van der Waals surface area contributed by atoms with Crippen molar-refractivity contribution in [1.29, 1.82) is 0 Å². The van der Waals surface area contributed by atoms with Crippen LogP contribution in [0.2, 0.25) is 0 Å². The first kappa shape index (κ1) is 14.1. The number of hydrogen-bond donors (Lipinski definition) is 0. The number of rotatable bonds is 3. The third kappa shape index (κ3) is 2.89. The number of benzene rings is 2. The van der Waals surface area contributed by atoms with Gasteiger partial charge in [0.15, 0.2) is 11.5 Å². The summed E-state index contributed by atoms with van der Waals surface area (Å²) in [6.07, 6.45) is 1.48. The molecule has 0 aliphatic carbocycles. The second-order valence-corrected chi connectivity index (χ2v) is 6.10. The molecule has 0 radical (unpaired) electrons. The molecule has 2 heterocycles. The van der Waals surface area contributed by atoms with Crippen LogP contribution >= 0.6 is 0 Å². The van der Waals surface area contributed by atoms with E-state index in [2.05, 4.69) is 12.1 Å². The zero-order valence-electron chi connectivity index (χ0n) is 12.9. The van der Waals surface area contributed by atoms with Crippen molar-refractivity contribution in [2.75, 3.05) is 19.9 Å². The predicted molar refractivity (Wildman–Crippen MR) is 86.6 cm³/mol. The van der Waals surface area contributed by atoms with E-state index in [4.69, 9.17) is 9.47 Å². The van der Waals surface area contributed by atoms with E-state index in [1.54, 1.807) is 0 Å². The standard InChI is InChI=1S/C19H19NO3/c21-19(10-14-4-2-1-3-5-14)20-9-8-16(12-20)15-6-7-17-18(11-15)23-13-22-17/h1-7,11,16H,8-10,12-13H2. The van der Waals surface area contributed by atoms with Crippen molar-refractivity contribution in [3.8, 4) is 11.5 Å². The molecule has 4 heteroatoms. The Labute approximate surface area is 135 Å². The van der Waals surface area contributed by atoms with Crippen molar-refractivity contribution in [3.63, 3.8) is 0 Å². The Morgan fingerprint density at radius 1 is 1.09 bits per heavy atom. The lowest BCUT2D eigenvalue weighted by atomic mass is 9.98. The average molecular weight is 309 g/mol. The average Bonchev–Trinajstić information content (AvgIpc) is 3.24. The van der Waals surface area contributed by atoms with E-state index in [1.165, 1.54) is 5.56 Å². The molecule has 1 unspecified atom stereocenters. The maximum atomic E-state index is 12.5. The van der Waals surface area contributed by atoms with Crippen LogP contribution in [0.1, 0.15) is 23.5 Å². The van der Waals surface area contributed by atoms with Gasteiger partial charge in [-0.2, -0.15) is 0 Å². The summed E-state index contributed by atoms with van der Waals surface area (Å²) in [5.41, 5.74) is 2.30. The van der Waals surface area contributed by atoms with E-state index in [9.17, 15) is 4.79 Å². The summed E-state index contributed by atoms with van der Waals surface area (Å²) in [4.78, 5) is 14.4. The first-order valence-corrected chi connectivity index (χ1v) is 8.01. The van der Waals surface area contributed by atoms with Gasteiger partial charge in [0, 0.05) is 19.0 Å². The van der Waals surface area contributed by atoms with E-state index in [0.717, 1.165) is 36.6 Å². The van der Waals surface area contributed by atoms with E-state index < -0.39 is 0 Å². The number of carbonyl (C=O) groups excluding carboxylic acids is 1. The summed E-state index contributed by atoms with van der Waals surface area (Å²) in [5.74, 6) is 2.21. The second kappa shape index (κ2) is 5.95. The van der Waals surface area contributed by atoms with Gasteiger partial charge in [-0.3, -0.25) is 4.79 Å². The predicted octanol–water partition coefficient (Wildman–Crippen LogP) is 2.97. The molecule has 0 spiro atoms. The minimum Gasteiger partial charge on any atom is -0.454 e. The van der Waals surface area contributed by atoms with Gasteiger partial charge < -0.3 is 14.4 Å². The molecule has 4 nitrogen and oxygen atoms in total. The molecule has 0 N–H and O–H groups in total. The molecule has 23 heavy (non-hydrogen) atoms. The van der Waals surface area contributed by atoms with Gasteiger partial charge in [-0.15, -0.1) is 0 Å². The van der Waals surface area contributed by atoms with Gasteiger partial charge in [-0.05, 0) is 29.7 Å². The highest BCUT2D eigenvalue weighted by molar-refractivity contribution is 5.79. The summed E-state index contributed by atoms with van der Waals surface area (Å²) >= 11 is 0. The summed E-state index contributed by atoms with van der Waals surface area (Å²) < 4.78 is 10.8. The minimum atomic E-state index is 0.208. The van der Waals surface area contributed by atoms with Crippen LogP contribution in [0.4, 0.5) is 0 Å². The summed E-state index contributed by atoms with van der Waals surface area (Å²) in [6.45, 7) is 1.90. The van der Waals surface area contributed by atoms with Gasteiger partial charge in [0.2, 0.25) is 12.7 Å². The fourth-order valence-electron chi connectivity index (χ4n) is 3.31. The molecular formula is C19H19NO3. The molecule has 0 saturated carbocycles. The molecule has 1 amide bonds. The van der Waals surface area contributed by atoms with Crippen LogP contribution in [-0.4, -0.2) is 30.7 Å². The highest BCUT2D eigenvalue weighted by Gasteiger charge is 2.28. The van der Waals surface area contributed by atoms with E-state index in [-0.39, 0.29) is 5.91 Å². The quantitative estimate of drug-likeness (QED) is 0.875. The van der Waals surface area contributed by atoms with Crippen molar-refractivity contribution >= 4 is 5.91 Å². The summed E-state index contributed by atoms with van der Waals surface area (Å²) in [7, 11) is 0. The molecule has 1 saturated heterocycles. The zero-order chi connectivity index (χ0) is 15.6. The third-order valence-corrected chi connectivity index (χ3v) is 4.61. The van der Waals surface area contributed by atoms with Crippen LogP contribution in [0.3, 0.4) is 0 Å². The lowest BCUT2D eigenvalue weighted by molar-refractivity contribution is -0.129. The summed E-state index contributed by atoms with van der Waals surface area (Å²) in [6, 6.07) is 16.0. The van der Waals surface area contributed by atoms with Crippen molar-refractivity contribution in [1.82, 2.24) is 4.90 Å². The van der Waals surface area contributed by atoms with Crippen LogP contribution in [0.5, 0.6) is 11.5 Å². The smallest absolute Gasteiger partial charge is 0.231 e. The maximum absolute atomic E-state index is 12.5. The van der Waals surface area contributed by atoms with Gasteiger partial charge in [0.1, 0.15) is 0 Å². The molecule has 1 fully saturated rings. The molecule has 2 aliphatic heterocycles. The van der Waals surface area contributed by atoms with Gasteiger partial charge in [-0.25, -0.2) is 0 Å². The molecule has 0 aromatic heterocycles. The molecule has 118 valence electrons. The Morgan fingerprint density at radius 2 is 1.91 bits per heavy atom. The number of fused-ring (bicyclic) bond motifs is 1. The second-order valence-electron chi connectivity index (χ2n) is 6.10. The Hall–Kier alpha value is -2.49. The topological polar surface area (TPSA) is 38.8 Å². The van der Waals surface area contributed by atoms with Crippen molar-refractivity contribution in [2.24, 2.45) is 0 Å². The first-order chi connectivity index (χ1) is 11.3. The number of amides is 1. The first-order valence-electron chi connectivity index (χ1n) is 8.01. The molecular weight excluding hydrogens is 290 g/mol. The van der Waals surface area contributed by atoms with Crippen LogP contribution in [0, 0.1) is 0 Å². The van der Waals surface area contributed by atoms with E-state index in [1.807, 2.05) is 41.3 Å². The molecule has 4 rings (SSSR count). The van der Waals surface area contributed by atoms with Crippen molar-refractivity contribution in [2.45, 2.75) is 18.8 Å². The van der Waals surface area contributed by atoms with E-state index >= 15 is 0 Å². The largest absolute Gasteiger partial charge is 0.454 e. The van der Waals surface area contributed by atoms with Gasteiger partial charge in [0.05, 0.1) is 6.42 Å². The van der Waals surface area contributed by atoms with Crippen LogP contribution in [0.15, 0.2) is 48.5 Å². The molecule has 2 aromatic carbocycles. The lowest BCUT2D eigenvalue weighted by Gasteiger charge is -2.17. The third-order valence-electron chi connectivity index (χ3n) is 4.61. The number of carbonyl (C=O) groups is 1. The number of likely N-dealkylation sites (tertiary alicyclic amines) is 1. The monoisotopic (exact) mass is 309 g/mol. The Bertz CT molecular complexity index is 714. The highest BCUT2D eigenvalue weighted by Crippen LogP contribution is 2.37. The van der Waals surface area contributed by atoms with Crippen LogP contribution in [-0.2, 0) is 11.2 Å². The van der Waals surface area contributed by atoms with Crippen LogP contribution in [0.25, 0.3) is 0 Å². The van der Waals surface area contributed by atoms with Gasteiger partial charge >= 0.3 is 0 Å². The van der Waals surface area contributed by atoms with Crippen LogP contribution < -0.4 is 9.47 Å². The summed E-state index contributed by atoms with van der Waals surface area (Å²) in [5, 5.41) is 0. The fraction of sp³-hybridized carbons (Fsp3) is 0.316. The molecule has 0 bridgehead atoms. The van der Waals surface area contributed by atoms with E-state index in [0.29, 0.717) is 19.1 Å². The minimum absolute atomic E-state index is 0.208. The molecule has 1 atom stereocenters. The Balaban J connectivity index is 1.42. The normalized spacial score (nSPS) is 19.1. The molecule has 2 aromatic rings. The lowest BCUT2D eigenvalue weighted by Crippen LogP contribution is -2.29. The SMILES string of the molecule is O=C(Cc1ccccc1)N1CCC(c2ccc3c(c2)OCO3)C1. The van der Waals surface area contributed by atoms with Crippen molar-refractivity contribution in [3.05, 3.63) is 59.7 Å². The number of ether oxygens (including phenoxy) is 2. The maximum Gasteiger partial charge on any atom is 0.231 e.